The number of nitrogens with one attached hydrogen (secondary N) is 2. The first-order valence-electron chi connectivity index (χ1n) is 13.2. The Kier molecular flexibility index (Phi) is 22.6. The molecule has 0 radical (unpaired) electrons. The van der Waals surface area contributed by atoms with Gasteiger partial charge in [0.15, 0.2) is 0 Å². The monoisotopic (exact) mass is 527 g/mol. The second kappa shape index (κ2) is 23.1. The number of nitrogens with two attached hydrogens (primary N) is 1. The number of ether oxygens (including phenoxy) is 2. The Labute approximate surface area is 231 Å². The van der Waals surface area contributed by atoms with E-state index in [2.05, 4.69) is 61.3 Å². The molecule has 0 aliphatic carbocycles. The summed E-state index contributed by atoms with van der Waals surface area (Å²) in [5.74, 6) is 0.782. The molecule has 0 amide bonds. The van der Waals surface area contributed by atoms with Crippen LogP contribution in [0.25, 0.3) is 10.8 Å². The van der Waals surface area contributed by atoms with Gasteiger partial charge in [-0.1, -0.05) is 56.3 Å². The zero-order chi connectivity index (χ0) is 29.5. The van der Waals surface area contributed by atoms with Gasteiger partial charge in [0.25, 0.3) is 0 Å². The molecule has 38 heavy (non-hydrogen) atoms. The number of hydrogen-bond acceptors (Lipinski definition) is 5. The van der Waals surface area contributed by atoms with Gasteiger partial charge in [0.05, 0.1) is 24.4 Å². The van der Waals surface area contributed by atoms with Crippen LogP contribution in [0.2, 0.25) is 0 Å². The van der Waals surface area contributed by atoms with Crippen LogP contribution in [-0.2, 0) is 16.5 Å². The van der Waals surface area contributed by atoms with Crippen LogP contribution in [0.5, 0.6) is 0 Å². The lowest BCUT2D eigenvalue weighted by molar-refractivity contribution is 0.0335. The first-order valence-corrected chi connectivity index (χ1v) is 13.2. The highest BCUT2D eigenvalue weighted by Gasteiger charge is 1.99. The molecule has 0 aliphatic rings. The number of nitrogens with zero attached hydrogens (tertiary/aromatic N) is 2. The molecular weight excluding hydrogens is 474 g/mol. The lowest BCUT2D eigenvalue weighted by Gasteiger charge is -2.09. The average molecular weight is 528 g/mol. The minimum Gasteiger partial charge on any atom is -0.388 e. The first kappa shape index (κ1) is 37.1. The van der Waals surface area contributed by atoms with Crippen molar-refractivity contribution in [3.63, 3.8) is 0 Å². The number of rotatable bonds is 7. The number of imidazole rings is 1. The summed E-state index contributed by atoms with van der Waals surface area (Å²) < 4.78 is 12.6. The highest BCUT2D eigenvalue weighted by Crippen LogP contribution is 2.20. The van der Waals surface area contributed by atoms with Gasteiger partial charge in [-0.15, -0.1) is 0 Å². The van der Waals surface area contributed by atoms with Gasteiger partial charge in [-0.05, 0) is 77.1 Å². The van der Waals surface area contributed by atoms with Crippen molar-refractivity contribution < 1.29 is 9.47 Å². The van der Waals surface area contributed by atoms with Crippen molar-refractivity contribution >= 4 is 22.3 Å². The van der Waals surface area contributed by atoms with Crippen molar-refractivity contribution in [3.8, 4) is 0 Å². The Hall–Kier alpha value is -3.03. The van der Waals surface area contributed by atoms with Crippen LogP contribution in [0.3, 0.4) is 0 Å². The summed E-state index contributed by atoms with van der Waals surface area (Å²) in [6.45, 7) is 19.3. The van der Waals surface area contributed by atoms with Gasteiger partial charge in [0.2, 0.25) is 0 Å². The average Bonchev–Trinajstić information content (AvgIpc) is 3.29. The largest absolute Gasteiger partial charge is 0.388 e. The lowest BCUT2D eigenvalue weighted by Crippen LogP contribution is -2.09. The summed E-state index contributed by atoms with van der Waals surface area (Å²) >= 11 is 0. The predicted molar refractivity (Wildman–Crippen MR) is 165 cm³/mol. The molecule has 7 nitrogen and oxygen atoms in total. The number of hydrogen-bond donors (Lipinski definition) is 3. The molecule has 0 saturated carbocycles. The molecule has 3 aromatic rings. The summed E-state index contributed by atoms with van der Waals surface area (Å²) in [4.78, 5) is 3.78. The van der Waals surface area contributed by atoms with E-state index < -0.39 is 0 Å². The molecule has 4 N–H and O–H groups in total. The molecule has 0 fully saturated rings. The Bertz CT molecular complexity index is 953. The zero-order valence-corrected chi connectivity index (χ0v) is 25.4. The summed E-state index contributed by atoms with van der Waals surface area (Å²) in [6, 6.07) is 15.2. The topological polar surface area (TPSA) is 110 Å². The van der Waals surface area contributed by atoms with Crippen molar-refractivity contribution in [3.05, 3.63) is 66.7 Å². The Morgan fingerprint density at radius 3 is 1.68 bits per heavy atom. The van der Waals surface area contributed by atoms with E-state index in [1.807, 2.05) is 45.5 Å². The van der Waals surface area contributed by atoms with Gasteiger partial charge in [0.1, 0.15) is 0 Å². The van der Waals surface area contributed by atoms with Gasteiger partial charge >= 0.3 is 0 Å². The SMILES string of the molecule is CC(=N)N.CC(C)=N.CC(C)OCCCOC(C)C.CC(C)c1ccc2ccccc2c1.Cn1ccnc1. The molecule has 0 bridgehead atoms. The van der Waals surface area contributed by atoms with Crippen LogP contribution in [0.1, 0.15) is 80.2 Å². The van der Waals surface area contributed by atoms with Crippen LogP contribution in [-0.4, -0.2) is 46.5 Å². The molecule has 2 aromatic carbocycles. The zero-order valence-electron chi connectivity index (χ0n) is 25.4. The van der Waals surface area contributed by atoms with Gasteiger partial charge in [-0.25, -0.2) is 4.98 Å². The smallest absolute Gasteiger partial charge is 0.0943 e. The minimum atomic E-state index is 0.167. The molecule has 0 aliphatic heterocycles. The van der Waals surface area contributed by atoms with Crippen molar-refractivity contribution in [2.45, 2.75) is 86.9 Å². The third-order valence-electron chi connectivity index (χ3n) is 4.27. The van der Waals surface area contributed by atoms with Crippen LogP contribution >= 0.6 is 0 Å². The molecular formula is C31H53N5O2. The van der Waals surface area contributed by atoms with Crippen LogP contribution in [0, 0.1) is 10.8 Å². The van der Waals surface area contributed by atoms with E-state index in [-0.39, 0.29) is 5.84 Å². The Morgan fingerprint density at radius 2 is 1.34 bits per heavy atom. The Balaban J connectivity index is 0. The highest BCUT2D eigenvalue weighted by molar-refractivity contribution is 5.83. The summed E-state index contributed by atoms with van der Waals surface area (Å²) in [5, 5.41) is 15.4. The summed E-state index contributed by atoms with van der Waals surface area (Å²) in [6.07, 6.45) is 7.07. The molecule has 1 heterocycles. The van der Waals surface area contributed by atoms with E-state index in [1.54, 1.807) is 26.4 Å². The van der Waals surface area contributed by atoms with Gasteiger partial charge in [-0.3, -0.25) is 5.41 Å². The third-order valence-corrected chi connectivity index (χ3v) is 4.27. The molecule has 3 rings (SSSR count). The maximum atomic E-state index is 6.50. The fourth-order valence-electron chi connectivity index (χ4n) is 2.59. The third kappa shape index (κ3) is 26.0. The van der Waals surface area contributed by atoms with Gasteiger partial charge in [0, 0.05) is 38.4 Å². The normalized spacial score (nSPS) is 9.82. The molecule has 0 atom stereocenters. The minimum absolute atomic E-state index is 0.167. The molecule has 214 valence electrons. The van der Waals surface area contributed by atoms with E-state index in [1.165, 1.54) is 23.3 Å². The van der Waals surface area contributed by atoms with E-state index in [0.29, 0.717) is 23.8 Å². The van der Waals surface area contributed by atoms with Gasteiger partial charge < -0.3 is 25.2 Å². The van der Waals surface area contributed by atoms with Crippen molar-refractivity contribution in [1.29, 1.82) is 10.8 Å². The summed E-state index contributed by atoms with van der Waals surface area (Å²) in [7, 11) is 1.94. The number of aromatic nitrogens is 2. The molecule has 0 saturated heterocycles. The molecule has 7 heteroatoms. The number of amidine groups is 1. The lowest BCUT2D eigenvalue weighted by atomic mass is 9.99. The Morgan fingerprint density at radius 1 is 0.868 bits per heavy atom. The number of benzene rings is 2. The highest BCUT2D eigenvalue weighted by atomic mass is 16.5. The second-order valence-corrected chi connectivity index (χ2v) is 9.87. The fraction of sp³-hybridized carbons (Fsp3) is 0.516. The molecule has 0 unspecified atom stereocenters. The standard InChI is InChI=1S/C13H14.C9H20O2.C4H6N2.C3H7N.C2H6N2/c1-10(2)12-8-7-11-5-3-4-6-13(11)9-12;1-8(2)10-6-5-7-11-9(3)4;1-6-3-2-5-4-6;1-3(2)4;1-2(3)4/h3-10H,1-2H3;8-9H,5-7H2,1-4H3;2-4H,1H3;4H,1-2H3;1H3,(H3,3,4). The number of fused-ring (bicyclic) bond motifs is 1. The second-order valence-electron chi connectivity index (χ2n) is 9.87. The summed E-state index contributed by atoms with van der Waals surface area (Å²) in [5.41, 5.74) is 6.78. The maximum absolute atomic E-state index is 6.50. The predicted octanol–water partition coefficient (Wildman–Crippen LogP) is 7.60. The maximum Gasteiger partial charge on any atom is 0.0943 e. The van der Waals surface area contributed by atoms with Crippen molar-refractivity contribution in [2.75, 3.05) is 13.2 Å². The number of aryl methyl sites for hydroxylation is 1. The van der Waals surface area contributed by atoms with Crippen LogP contribution in [0.4, 0.5) is 0 Å². The van der Waals surface area contributed by atoms with Crippen LogP contribution in [0.15, 0.2) is 61.2 Å². The van der Waals surface area contributed by atoms with Crippen LogP contribution < -0.4 is 5.73 Å². The van der Waals surface area contributed by atoms with Gasteiger partial charge in [-0.2, -0.15) is 0 Å². The van der Waals surface area contributed by atoms with E-state index in [4.69, 9.17) is 26.0 Å². The fourth-order valence-corrected chi connectivity index (χ4v) is 2.59. The van der Waals surface area contributed by atoms with E-state index >= 15 is 0 Å². The van der Waals surface area contributed by atoms with E-state index in [0.717, 1.165) is 19.6 Å². The van der Waals surface area contributed by atoms with Crippen molar-refractivity contribution in [2.24, 2.45) is 12.8 Å². The molecule has 0 spiro atoms. The van der Waals surface area contributed by atoms with E-state index in [9.17, 15) is 0 Å². The first-order chi connectivity index (χ1) is 17.8. The quantitative estimate of drug-likeness (QED) is 0.167. The van der Waals surface area contributed by atoms with Crippen molar-refractivity contribution in [1.82, 2.24) is 9.55 Å². The molecule has 1 aromatic heterocycles.